The number of rotatable bonds is 5. The lowest BCUT2D eigenvalue weighted by molar-refractivity contribution is 0.0170. The fraction of sp³-hybridized carbons (Fsp3) is 0.625. The number of hydrogen-bond acceptors (Lipinski definition) is 4. The summed E-state index contributed by atoms with van der Waals surface area (Å²) in [5.74, 6) is -3.27. The number of sulfonamides is 1. The number of hydrogen-bond donors (Lipinski definition) is 3. The van der Waals surface area contributed by atoms with Gasteiger partial charge in [-0.2, -0.15) is 5.10 Å². The molecule has 6 nitrogen and oxygen atoms in total. The Hall–Kier alpha value is -0.770. The van der Waals surface area contributed by atoms with Crippen LogP contribution >= 0.6 is 12.4 Å². The minimum atomic E-state index is -4.00. The summed E-state index contributed by atoms with van der Waals surface area (Å²) in [7, 11) is -4.00. The molecule has 0 saturated carbocycles. The number of nitrogens with two attached hydrogens (primary N) is 1. The van der Waals surface area contributed by atoms with Crippen molar-refractivity contribution in [2.45, 2.75) is 24.7 Å². The van der Waals surface area contributed by atoms with Crippen LogP contribution in [0, 0.1) is 13.8 Å². The van der Waals surface area contributed by atoms with Gasteiger partial charge >= 0.3 is 0 Å². The third-order valence-electron chi connectivity index (χ3n) is 2.15. The molecule has 0 unspecified atom stereocenters. The average Bonchev–Trinajstić information content (AvgIpc) is 2.57. The molecule has 0 bridgehead atoms. The van der Waals surface area contributed by atoms with Gasteiger partial charge in [-0.05, 0) is 13.8 Å². The molecule has 10 heteroatoms. The van der Waals surface area contributed by atoms with Crippen LogP contribution in [-0.2, 0) is 10.0 Å². The van der Waals surface area contributed by atoms with E-state index in [0.29, 0.717) is 5.69 Å². The molecule has 4 N–H and O–H groups in total. The Kier molecular flexibility index (Phi) is 5.66. The predicted octanol–water partition coefficient (Wildman–Crippen LogP) is 0.321. The smallest absolute Gasteiger partial charge is 0.273 e. The van der Waals surface area contributed by atoms with E-state index in [2.05, 4.69) is 10.2 Å². The van der Waals surface area contributed by atoms with Crippen molar-refractivity contribution in [2.75, 3.05) is 13.1 Å². The Morgan fingerprint density at radius 1 is 1.44 bits per heavy atom. The Morgan fingerprint density at radius 3 is 2.39 bits per heavy atom. The van der Waals surface area contributed by atoms with Crippen molar-refractivity contribution in [3.05, 3.63) is 11.4 Å². The second-order valence-electron chi connectivity index (χ2n) is 3.65. The normalized spacial score (nSPS) is 12.3. The molecule has 1 aromatic rings. The average molecular weight is 305 g/mol. The molecule has 0 atom stereocenters. The molecule has 0 aliphatic rings. The van der Waals surface area contributed by atoms with E-state index in [9.17, 15) is 17.2 Å². The first-order chi connectivity index (χ1) is 7.69. The zero-order valence-electron chi connectivity index (χ0n) is 9.83. The molecule has 0 aliphatic heterocycles. The second kappa shape index (κ2) is 5.91. The van der Waals surface area contributed by atoms with Crippen molar-refractivity contribution in [2.24, 2.45) is 5.73 Å². The summed E-state index contributed by atoms with van der Waals surface area (Å²) in [4.78, 5) is -0.106. The second-order valence-corrected chi connectivity index (χ2v) is 5.35. The van der Waals surface area contributed by atoms with Gasteiger partial charge in [-0.15, -0.1) is 12.4 Å². The van der Waals surface area contributed by atoms with Crippen LogP contribution in [0.3, 0.4) is 0 Å². The minimum absolute atomic E-state index is 0. The molecule has 0 aliphatic carbocycles. The molecule has 0 aromatic carbocycles. The standard InChI is InChI=1S/C8H14F2N4O2S.ClH/c1-5-7(6(2)14-13-5)17(15,16)12-4-8(9,10)3-11;/h12H,3-4,11H2,1-2H3,(H,13,14);1H. The van der Waals surface area contributed by atoms with Crippen molar-refractivity contribution in [1.82, 2.24) is 14.9 Å². The third kappa shape index (κ3) is 3.87. The third-order valence-corrected chi connectivity index (χ3v) is 3.81. The number of aryl methyl sites for hydroxylation is 2. The van der Waals surface area contributed by atoms with Gasteiger partial charge in [-0.25, -0.2) is 21.9 Å². The van der Waals surface area contributed by atoms with Crippen LogP contribution in [0.1, 0.15) is 11.4 Å². The van der Waals surface area contributed by atoms with E-state index >= 15 is 0 Å². The molecule has 0 radical (unpaired) electrons. The van der Waals surface area contributed by atoms with E-state index < -0.39 is 29.0 Å². The van der Waals surface area contributed by atoms with Crippen molar-refractivity contribution in [3.8, 4) is 0 Å². The summed E-state index contributed by atoms with van der Waals surface area (Å²) in [5, 5.41) is 6.16. The number of aromatic amines is 1. The SMILES string of the molecule is Cc1n[nH]c(C)c1S(=O)(=O)NCC(F)(F)CN.Cl. The molecular weight excluding hydrogens is 290 g/mol. The van der Waals surface area contributed by atoms with Gasteiger partial charge < -0.3 is 5.73 Å². The maximum atomic E-state index is 12.9. The predicted molar refractivity (Wildman–Crippen MR) is 64.5 cm³/mol. The van der Waals surface area contributed by atoms with Crippen LogP contribution in [0.4, 0.5) is 8.78 Å². The molecule has 0 saturated heterocycles. The molecule has 18 heavy (non-hydrogen) atoms. The van der Waals surface area contributed by atoms with Crippen LogP contribution in [0.2, 0.25) is 0 Å². The number of H-pyrrole nitrogens is 1. The highest BCUT2D eigenvalue weighted by Gasteiger charge is 2.31. The van der Waals surface area contributed by atoms with E-state index in [-0.39, 0.29) is 23.0 Å². The van der Waals surface area contributed by atoms with Gasteiger partial charge in [0, 0.05) is 0 Å². The van der Waals surface area contributed by atoms with Gasteiger partial charge in [-0.1, -0.05) is 0 Å². The van der Waals surface area contributed by atoms with E-state index in [1.165, 1.54) is 13.8 Å². The van der Waals surface area contributed by atoms with Crippen LogP contribution in [0.25, 0.3) is 0 Å². The lowest BCUT2D eigenvalue weighted by atomic mass is 10.3. The van der Waals surface area contributed by atoms with Gasteiger partial charge in [0.05, 0.1) is 24.5 Å². The highest BCUT2D eigenvalue weighted by molar-refractivity contribution is 7.89. The quantitative estimate of drug-likeness (QED) is 0.729. The van der Waals surface area contributed by atoms with Crippen molar-refractivity contribution in [1.29, 1.82) is 0 Å². The molecule has 1 rings (SSSR count). The van der Waals surface area contributed by atoms with Gasteiger partial charge in [0.1, 0.15) is 4.90 Å². The lowest BCUT2D eigenvalue weighted by Gasteiger charge is -2.14. The highest BCUT2D eigenvalue weighted by Crippen LogP contribution is 2.17. The minimum Gasteiger partial charge on any atom is -0.325 e. The zero-order valence-corrected chi connectivity index (χ0v) is 11.5. The molecule has 1 aromatic heterocycles. The number of alkyl halides is 2. The Bertz CT molecular complexity index is 484. The van der Waals surface area contributed by atoms with Crippen LogP contribution in [-0.4, -0.2) is 37.6 Å². The summed E-state index contributed by atoms with van der Waals surface area (Å²) < 4.78 is 51.0. The first-order valence-corrected chi connectivity index (χ1v) is 6.27. The first kappa shape index (κ1) is 17.2. The number of nitrogens with zero attached hydrogens (tertiary/aromatic N) is 1. The van der Waals surface area contributed by atoms with E-state index in [1.54, 1.807) is 0 Å². The maximum absolute atomic E-state index is 12.9. The van der Waals surface area contributed by atoms with Gasteiger partial charge in [0.25, 0.3) is 5.92 Å². The molecule has 0 fully saturated rings. The van der Waals surface area contributed by atoms with E-state index in [1.807, 2.05) is 4.72 Å². The highest BCUT2D eigenvalue weighted by atomic mass is 35.5. The monoisotopic (exact) mass is 304 g/mol. The molecule has 0 amide bonds. The molecular formula is C8H15ClF2N4O2S. The molecule has 1 heterocycles. The van der Waals surface area contributed by atoms with Gasteiger partial charge in [0.15, 0.2) is 0 Å². The fourth-order valence-corrected chi connectivity index (χ4v) is 2.71. The zero-order chi connectivity index (χ0) is 13.3. The van der Waals surface area contributed by atoms with Crippen molar-refractivity contribution in [3.63, 3.8) is 0 Å². The van der Waals surface area contributed by atoms with Crippen LogP contribution in [0.5, 0.6) is 0 Å². The Morgan fingerprint density at radius 2 is 2.00 bits per heavy atom. The first-order valence-electron chi connectivity index (χ1n) is 4.79. The topological polar surface area (TPSA) is 101 Å². The molecule has 0 spiro atoms. The maximum Gasteiger partial charge on any atom is 0.273 e. The summed E-state index contributed by atoms with van der Waals surface area (Å²) in [6.45, 7) is 1.02. The Balaban J connectivity index is 0.00000289. The van der Waals surface area contributed by atoms with Crippen molar-refractivity contribution < 1.29 is 17.2 Å². The van der Waals surface area contributed by atoms with Crippen molar-refractivity contribution >= 4 is 22.4 Å². The summed E-state index contributed by atoms with van der Waals surface area (Å²) in [5.41, 5.74) is 5.34. The lowest BCUT2D eigenvalue weighted by Crippen LogP contribution is -2.41. The number of halogens is 3. The largest absolute Gasteiger partial charge is 0.325 e. The Labute approximate surface area is 110 Å². The number of aromatic nitrogens is 2. The van der Waals surface area contributed by atoms with Crippen LogP contribution < -0.4 is 10.5 Å². The summed E-state index contributed by atoms with van der Waals surface area (Å²) >= 11 is 0. The van der Waals surface area contributed by atoms with Crippen LogP contribution in [0.15, 0.2) is 4.90 Å². The fourth-order valence-electron chi connectivity index (χ4n) is 1.28. The van der Waals surface area contributed by atoms with Gasteiger partial charge in [-0.3, -0.25) is 5.10 Å². The number of nitrogens with one attached hydrogen (secondary N) is 2. The van der Waals surface area contributed by atoms with E-state index in [4.69, 9.17) is 5.73 Å². The molecule has 106 valence electrons. The summed E-state index contributed by atoms with van der Waals surface area (Å²) in [6.07, 6.45) is 0. The van der Waals surface area contributed by atoms with Gasteiger partial charge in [0.2, 0.25) is 10.0 Å². The van der Waals surface area contributed by atoms with E-state index in [0.717, 1.165) is 0 Å². The summed E-state index contributed by atoms with van der Waals surface area (Å²) in [6, 6.07) is 0.